The van der Waals surface area contributed by atoms with E-state index in [2.05, 4.69) is 10.4 Å². The lowest BCUT2D eigenvalue weighted by Gasteiger charge is -2.27. The van der Waals surface area contributed by atoms with E-state index in [9.17, 15) is 9.59 Å². The topological polar surface area (TPSA) is 67.2 Å². The third kappa shape index (κ3) is 3.74. The number of likely N-dealkylation sites (tertiary alicyclic amines) is 1. The number of benzene rings is 2. The van der Waals surface area contributed by atoms with Gasteiger partial charge >= 0.3 is 0 Å². The molecule has 0 atom stereocenters. The lowest BCUT2D eigenvalue weighted by atomic mass is 10.1. The molecule has 2 amide bonds. The molecule has 6 heteroatoms. The first kappa shape index (κ1) is 19.5. The van der Waals surface area contributed by atoms with Crippen molar-refractivity contribution in [3.05, 3.63) is 77.1 Å². The molecule has 0 saturated carbocycles. The molecule has 1 saturated heterocycles. The molecule has 2 aliphatic rings. The third-order valence-electron chi connectivity index (χ3n) is 6.20. The average molecular weight is 415 g/mol. The van der Waals surface area contributed by atoms with Gasteiger partial charge in [-0.1, -0.05) is 30.3 Å². The van der Waals surface area contributed by atoms with Crippen LogP contribution in [-0.2, 0) is 12.8 Å². The van der Waals surface area contributed by atoms with Gasteiger partial charge < -0.3 is 10.2 Å². The SMILES string of the molecule is O=C(Nc1ccccc1C(=O)N1CCCCC1)c1nn(-c2ccccc2)c2c1CCC2. The first-order valence-electron chi connectivity index (χ1n) is 11.1. The molecule has 158 valence electrons. The number of nitrogens with one attached hydrogen (secondary N) is 1. The van der Waals surface area contributed by atoms with E-state index in [0.717, 1.165) is 68.6 Å². The van der Waals surface area contributed by atoms with Crippen LogP contribution in [0.3, 0.4) is 0 Å². The maximum Gasteiger partial charge on any atom is 0.276 e. The molecule has 2 aromatic carbocycles. The fourth-order valence-electron chi connectivity index (χ4n) is 4.63. The number of carbonyl (C=O) groups excluding carboxylic acids is 2. The quantitative estimate of drug-likeness (QED) is 0.694. The zero-order chi connectivity index (χ0) is 21.2. The Morgan fingerprint density at radius 3 is 2.39 bits per heavy atom. The van der Waals surface area contributed by atoms with Crippen molar-refractivity contribution in [3.8, 4) is 5.69 Å². The van der Waals surface area contributed by atoms with Crippen molar-refractivity contribution in [1.82, 2.24) is 14.7 Å². The minimum Gasteiger partial charge on any atom is -0.339 e. The van der Waals surface area contributed by atoms with E-state index < -0.39 is 0 Å². The smallest absolute Gasteiger partial charge is 0.276 e. The zero-order valence-corrected chi connectivity index (χ0v) is 17.5. The summed E-state index contributed by atoms with van der Waals surface area (Å²) in [7, 11) is 0. The first-order valence-corrected chi connectivity index (χ1v) is 11.1. The van der Waals surface area contributed by atoms with Crippen LogP contribution >= 0.6 is 0 Å². The van der Waals surface area contributed by atoms with Crippen molar-refractivity contribution >= 4 is 17.5 Å². The Kier molecular flexibility index (Phi) is 5.28. The monoisotopic (exact) mass is 414 g/mol. The van der Waals surface area contributed by atoms with Crippen molar-refractivity contribution < 1.29 is 9.59 Å². The number of piperidine rings is 1. The standard InChI is InChI=1S/C25H26N4O2/c30-24(23-20-13-9-15-22(20)29(27-23)18-10-3-1-4-11-18)26-21-14-6-5-12-19(21)25(31)28-16-7-2-8-17-28/h1,3-6,10-12,14H,2,7-9,13,15-17H2,(H,26,30). The number of carbonyl (C=O) groups is 2. The molecule has 1 fully saturated rings. The highest BCUT2D eigenvalue weighted by molar-refractivity contribution is 6.09. The lowest BCUT2D eigenvalue weighted by molar-refractivity contribution is 0.0725. The van der Waals surface area contributed by atoms with Crippen LogP contribution in [0.5, 0.6) is 0 Å². The van der Waals surface area contributed by atoms with E-state index in [1.165, 1.54) is 0 Å². The maximum absolute atomic E-state index is 13.3. The Morgan fingerprint density at radius 1 is 0.839 bits per heavy atom. The van der Waals surface area contributed by atoms with Gasteiger partial charge in [0.05, 0.1) is 16.9 Å². The second-order valence-electron chi connectivity index (χ2n) is 8.23. The highest BCUT2D eigenvalue weighted by Crippen LogP contribution is 2.29. The normalized spacial score (nSPS) is 15.5. The van der Waals surface area contributed by atoms with E-state index in [1.807, 2.05) is 52.0 Å². The minimum atomic E-state index is -0.258. The number of nitrogens with zero attached hydrogens (tertiary/aromatic N) is 3. The summed E-state index contributed by atoms with van der Waals surface area (Å²) >= 11 is 0. The fourth-order valence-corrected chi connectivity index (χ4v) is 4.63. The Bertz CT molecular complexity index is 1110. The summed E-state index contributed by atoms with van der Waals surface area (Å²) in [5.41, 5.74) is 4.62. The van der Waals surface area contributed by atoms with Gasteiger partial charge in [-0.15, -0.1) is 0 Å². The van der Waals surface area contributed by atoms with E-state index in [0.29, 0.717) is 16.9 Å². The molecule has 2 heterocycles. The van der Waals surface area contributed by atoms with E-state index >= 15 is 0 Å². The number of hydrogen-bond acceptors (Lipinski definition) is 3. The van der Waals surface area contributed by atoms with Gasteiger partial charge in [0.1, 0.15) is 0 Å². The van der Waals surface area contributed by atoms with Crippen LogP contribution in [0.2, 0.25) is 0 Å². The molecule has 6 nitrogen and oxygen atoms in total. The third-order valence-corrected chi connectivity index (χ3v) is 6.20. The van der Waals surface area contributed by atoms with Crippen LogP contribution in [0, 0.1) is 0 Å². The molecule has 0 bridgehead atoms. The van der Waals surface area contributed by atoms with Gasteiger partial charge in [0.2, 0.25) is 0 Å². The molecule has 5 rings (SSSR count). The molecule has 31 heavy (non-hydrogen) atoms. The van der Waals surface area contributed by atoms with E-state index in [4.69, 9.17) is 0 Å². The molecular formula is C25H26N4O2. The molecule has 1 aromatic heterocycles. The van der Waals surface area contributed by atoms with Crippen LogP contribution in [0.1, 0.15) is 57.8 Å². The van der Waals surface area contributed by atoms with Crippen LogP contribution in [0.4, 0.5) is 5.69 Å². The lowest BCUT2D eigenvalue weighted by Crippen LogP contribution is -2.36. The largest absolute Gasteiger partial charge is 0.339 e. The molecular weight excluding hydrogens is 388 g/mol. The second kappa shape index (κ2) is 8.38. The Balaban J connectivity index is 1.44. The van der Waals surface area contributed by atoms with Crippen LogP contribution in [0.15, 0.2) is 54.6 Å². The number of amides is 2. The van der Waals surface area contributed by atoms with Gasteiger partial charge in [-0.05, 0) is 62.8 Å². The van der Waals surface area contributed by atoms with Crippen molar-refractivity contribution in [1.29, 1.82) is 0 Å². The number of fused-ring (bicyclic) bond motifs is 1. The van der Waals surface area contributed by atoms with E-state index in [1.54, 1.807) is 12.1 Å². The van der Waals surface area contributed by atoms with Crippen LogP contribution < -0.4 is 5.32 Å². The summed E-state index contributed by atoms with van der Waals surface area (Å²) in [6, 6.07) is 17.2. The zero-order valence-electron chi connectivity index (χ0n) is 17.5. The Morgan fingerprint density at radius 2 is 1.58 bits per heavy atom. The van der Waals surface area contributed by atoms with Crippen LogP contribution in [0.25, 0.3) is 5.69 Å². The van der Waals surface area contributed by atoms with Gasteiger partial charge in [-0.3, -0.25) is 9.59 Å². The predicted molar refractivity (Wildman–Crippen MR) is 120 cm³/mol. The summed E-state index contributed by atoms with van der Waals surface area (Å²) in [5.74, 6) is -0.276. The van der Waals surface area contributed by atoms with Gasteiger partial charge in [0.25, 0.3) is 11.8 Å². The summed E-state index contributed by atoms with van der Waals surface area (Å²) in [6.45, 7) is 1.55. The fraction of sp³-hybridized carbons (Fsp3) is 0.320. The second-order valence-corrected chi connectivity index (χ2v) is 8.23. The number of aromatic nitrogens is 2. The molecule has 1 aliphatic heterocycles. The minimum absolute atomic E-state index is 0.0179. The summed E-state index contributed by atoms with van der Waals surface area (Å²) < 4.78 is 1.89. The van der Waals surface area contributed by atoms with Gasteiger partial charge in [-0.25, -0.2) is 4.68 Å². The first-order chi connectivity index (χ1) is 15.2. The molecule has 1 N–H and O–H groups in total. The van der Waals surface area contributed by atoms with Gasteiger partial charge in [0, 0.05) is 24.3 Å². The molecule has 0 spiro atoms. The van der Waals surface area contributed by atoms with E-state index in [-0.39, 0.29) is 11.8 Å². The number of hydrogen-bond donors (Lipinski definition) is 1. The Labute approximate surface area is 181 Å². The maximum atomic E-state index is 13.3. The summed E-state index contributed by atoms with van der Waals surface area (Å²) in [6.07, 6.45) is 6.00. The Hall–Kier alpha value is -3.41. The van der Waals surface area contributed by atoms with Gasteiger partial charge in [-0.2, -0.15) is 5.10 Å². The predicted octanol–water partition coefficient (Wildman–Crippen LogP) is 4.24. The number of anilines is 1. The molecule has 3 aromatic rings. The summed E-state index contributed by atoms with van der Waals surface area (Å²) in [5, 5.41) is 7.65. The number of rotatable bonds is 4. The van der Waals surface area contributed by atoms with Crippen molar-refractivity contribution in [2.24, 2.45) is 0 Å². The van der Waals surface area contributed by atoms with Crippen molar-refractivity contribution in [3.63, 3.8) is 0 Å². The molecule has 0 radical (unpaired) electrons. The summed E-state index contributed by atoms with van der Waals surface area (Å²) in [4.78, 5) is 28.2. The number of para-hydroxylation sites is 2. The average Bonchev–Trinajstić information content (AvgIpc) is 3.43. The van der Waals surface area contributed by atoms with Crippen molar-refractivity contribution in [2.75, 3.05) is 18.4 Å². The highest BCUT2D eigenvalue weighted by Gasteiger charge is 2.28. The molecule has 0 unspecified atom stereocenters. The van der Waals surface area contributed by atoms with Crippen molar-refractivity contribution in [2.45, 2.75) is 38.5 Å². The van der Waals surface area contributed by atoms with Crippen LogP contribution in [-0.4, -0.2) is 39.6 Å². The molecule has 1 aliphatic carbocycles. The highest BCUT2D eigenvalue weighted by atomic mass is 16.2. The van der Waals surface area contributed by atoms with Gasteiger partial charge in [0.15, 0.2) is 5.69 Å².